The van der Waals surface area contributed by atoms with Gasteiger partial charge in [0.2, 0.25) is 0 Å². The van der Waals surface area contributed by atoms with E-state index in [1.54, 1.807) is 6.07 Å². The Morgan fingerprint density at radius 2 is 1.64 bits per heavy atom. The molecule has 2 fully saturated rings. The Morgan fingerprint density at radius 1 is 0.909 bits per heavy atom. The molecule has 176 valence electrons. The van der Waals surface area contributed by atoms with E-state index in [2.05, 4.69) is 4.90 Å². The number of piperidine rings is 1. The largest absolute Gasteiger partial charge is 0.416 e. The highest BCUT2D eigenvalue weighted by Gasteiger charge is 2.34. The summed E-state index contributed by atoms with van der Waals surface area (Å²) in [5.41, 5.74) is 2.79. The first-order valence-corrected chi connectivity index (χ1v) is 12.4. The number of aliphatic hydroxyl groups is 1. The van der Waals surface area contributed by atoms with Gasteiger partial charge in [-0.25, -0.2) is 4.39 Å². The van der Waals surface area contributed by atoms with Gasteiger partial charge in [0.1, 0.15) is 5.82 Å². The standard InChI is InChI=1S/C26H27F4NOS/c27-19-4-7-21-24(14-19)33-23-8-3-18(26(28,29)30)13-22(23)25(21)17-9-11-31(12-10-17)15-16-1-5-20(32)6-2-16/h3-4,7-8,13-14,16,20,32H,1-2,5-6,9-12,15H2/t16-,20+. The average molecular weight is 478 g/mol. The fraction of sp³-hybridized carbons (Fsp3) is 0.462. The number of aliphatic hydroxyl groups excluding tert-OH is 1. The molecule has 2 aliphatic heterocycles. The number of fused-ring (bicyclic) bond motifs is 2. The number of halogens is 4. The number of hydrogen-bond acceptors (Lipinski definition) is 3. The number of likely N-dealkylation sites (tertiary alicyclic amines) is 1. The Morgan fingerprint density at radius 3 is 2.33 bits per heavy atom. The van der Waals surface area contributed by atoms with Crippen LogP contribution in [-0.2, 0) is 6.18 Å². The molecule has 2 aromatic carbocycles. The van der Waals surface area contributed by atoms with Gasteiger partial charge in [0.05, 0.1) is 11.7 Å². The quantitative estimate of drug-likeness (QED) is 0.413. The van der Waals surface area contributed by atoms with Crippen molar-refractivity contribution >= 4 is 17.3 Å². The molecule has 7 heteroatoms. The SMILES string of the molecule is O[C@H]1CC[C@@H](CN2CCC(=C3c4ccc(F)cc4Sc4ccc(C(F)(F)F)cc43)CC2)CC1. The van der Waals surface area contributed by atoms with Gasteiger partial charge in [0, 0.05) is 29.4 Å². The predicted molar refractivity (Wildman–Crippen MR) is 122 cm³/mol. The number of rotatable bonds is 2. The molecule has 1 aliphatic carbocycles. The van der Waals surface area contributed by atoms with E-state index in [4.69, 9.17) is 0 Å². The van der Waals surface area contributed by atoms with Crippen molar-refractivity contribution in [2.45, 2.75) is 60.6 Å². The summed E-state index contributed by atoms with van der Waals surface area (Å²) in [6.45, 7) is 2.76. The zero-order valence-electron chi connectivity index (χ0n) is 18.3. The minimum Gasteiger partial charge on any atom is -0.393 e. The lowest BCUT2D eigenvalue weighted by Crippen LogP contribution is -2.36. The van der Waals surface area contributed by atoms with Crippen LogP contribution < -0.4 is 0 Å². The summed E-state index contributed by atoms with van der Waals surface area (Å²) in [5.74, 6) is 0.265. The molecule has 0 atom stereocenters. The molecule has 1 N–H and O–H groups in total. The van der Waals surface area contributed by atoms with Crippen LogP contribution in [-0.4, -0.2) is 35.7 Å². The lowest BCUT2D eigenvalue weighted by molar-refractivity contribution is -0.137. The molecule has 1 saturated heterocycles. The summed E-state index contributed by atoms with van der Waals surface area (Å²) < 4.78 is 54.4. The van der Waals surface area contributed by atoms with Gasteiger partial charge >= 0.3 is 6.18 Å². The van der Waals surface area contributed by atoms with E-state index in [0.29, 0.717) is 11.5 Å². The van der Waals surface area contributed by atoms with Crippen molar-refractivity contribution in [3.05, 3.63) is 64.5 Å². The minimum atomic E-state index is -4.41. The predicted octanol–water partition coefficient (Wildman–Crippen LogP) is 6.76. The third-order valence-corrected chi connectivity index (χ3v) is 8.29. The van der Waals surface area contributed by atoms with E-state index in [-0.39, 0.29) is 11.9 Å². The van der Waals surface area contributed by atoms with Gasteiger partial charge in [-0.3, -0.25) is 0 Å². The van der Waals surface area contributed by atoms with Crippen molar-refractivity contribution in [1.29, 1.82) is 0 Å². The Balaban J connectivity index is 1.44. The first-order chi connectivity index (χ1) is 15.8. The van der Waals surface area contributed by atoms with Gasteiger partial charge in [-0.15, -0.1) is 0 Å². The molecule has 2 aromatic rings. The molecule has 2 nitrogen and oxygen atoms in total. The highest BCUT2D eigenvalue weighted by Crippen LogP contribution is 2.49. The van der Waals surface area contributed by atoms with Crippen molar-refractivity contribution in [2.24, 2.45) is 5.92 Å². The summed E-state index contributed by atoms with van der Waals surface area (Å²) in [7, 11) is 0. The molecule has 0 unspecified atom stereocenters. The lowest BCUT2D eigenvalue weighted by atomic mass is 9.85. The molecule has 0 bridgehead atoms. The second-order valence-electron chi connectivity index (χ2n) is 9.40. The second-order valence-corrected chi connectivity index (χ2v) is 10.5. The van der Waals surface area contributed by atoms with Crippen LogP contribution in [0.25, 0.3) is 5.57 Å². The van der Waals surface area contributed by atoms with Crippen LogP contribution >= 0.6 is 11.8 Å². The molecule has 0 aromatic heterocycles. The fourth-order valence-corrected chi connectivity index (χ4v) is 6.47. The molecule has 33 heavy (non-hydrogen) atoms. The Hall–Kier alpha value is -1.83. The normalized spacial score (nSPS) is 23.9. The van der Waals surface area contributed by atoms with Crippen LogP contribution in [0.4, 0.5) is 17.6 Å². The number of nitrogens with zero attached hydrogens (tertiary/aromatic N) is 1. The van der Waals surface area contributed by atoms with E-state index in [9.17, 15) is 22.7 Å². The summed E-state index contributed by atoms with van der Waals surface area (Å²) in [6, 6.07) is 8.48. The van der Waals surface area contributed by atoms with Crippen molar-refractivity contribution in [1.82, 2.24) is 4.90 Å². The molecule has 0 radical (unpaired) electrons. The Labute approximate surface area is 195 Å². The summed E-state index contributed by atoms with van der Waals surface area (Å²) in [6.07, 6.45) is 0.868. The van der Waals surface area contributed by atoms with Crippen LogP contribution in [0.15, 0.2) is 51.8 Å². The summed E-state index contributed by atoms with van der Waals surface area (Å²) in [4.78, 5) is 3.95. The molecule has 0 spiro atoms. The van der Waals surface area contributed by atoms with Crippen molar-refractivity contribution in [2.75, 3.05) is 19.6 Å². The van der Waals surface area contributed by atoms with Crippen molar-refractivity contribution in [3.63, 3.8) is 0 Å². The summed E-state index contributed by atoms with van der Waals surface area (Å²) >= 11 is 1.34. The van der Waals surface area contributed by atoms with E-state index in [0.717, 1.165) is 90.7 Å². The fourth-order valence-electron chi connectivity index (χ4n) is 5.37. The zero-order valence-corrected chi connectivity index (χ0v) is 19.1. The van der Waals surface area contributed by atoms with Gasteiger partial charge in [0.25, 0.3) is 0 Å². The lowest BCUT2D eigenvalue weighted by Gasteiger charge is -2.35. The third-order valence-electron chi connectivity index (χ3n) is 7.15. The average Bonchev–Trinajstić information content (AvgIpc) is 2.78. The van der Waals surface area contributed by atoms with E-state index < -0.39 is 11.7 Å². The third kappa shape index (κ3) is 4.86. The monoisotopic (exact) mass is 477 g/mol. The number of benzene rings is 2. The molecule has 2 heterocycles. The molecule has 3 aliphatic rings. The van der Waals surface area contributed by atoms with Crippen LogP contribution in [0.2, 0.25) is 0 Å². The minimum absolute atomic E-state index is 0.158. The van der Waals surface area contributed by atoms with Gasteiger partial charge in [0.15, 0.2) is 0 Å². The van der Waals surface area contributed by atoms with Crippen LogP contribution in [0.1, 0.15) is 55.2 Å². The number of alkyl halides is 3. The van der Waals surface area contributed by atoms with Crippen LogP contribution in [0.3, 0.4) is 0 Å². The van der Waals surface area contributed by atoms with Gasteiger partial charge < -0.3 is 10.0 Å². The van der Waals surface area contributed by atoms with Crippen molar-refractivity contribution in [3.8, 4) is 0 Å². The summed E-state index contributed by atoms with van der Waals surface area (Å²) in [5, 5.41) is 9.74. The maximum atomic E-state index is 14.0. The Bertz CT molecular complexity index is 1060. The second kappa shape index (κ2) is 9.08. The van der Waals surface area contributed by atoms with Crippen molar-refractivity contribution < 1.29 is 22.7 Å². The topological polar surface area (TPSA) is 23.5 Å². The van der Waals surface area contributed by atoms with E-state index in [1.165, 1.54) is 36.0 Å². The van der Waals surface area contributed by atoms with Crippen LogP contribution in [0.5, 0.6) is 0 Å². The highest BCUT2D eigenvalue weighted by molar-refractivity contribution is 7.99. The highest BCUT2D eigenvalue weighted by atomic mass is 32.2. The molecule has 1 saturated carbocycles. The maximum absolute atomic E-state index is 14.0. The molecular formula is C26H27F4NOS. The van der Waals surface area contributed by atoms with Gasteiger partial charge in [-0.1, -0.05) is 23.4 Å². The smallest absolute Gasteiger partial charge is 0.393 e. The van der Waals surface area contributed by atoms with Gasteiger partial charge in [-0.2, -0.15) is 13.2 Å². The molecule has 0 amide bonds. The molecule has 5 rings (SSSR count). The molecular weight excluding hydrogens is 450 g/mol. The van der Waals surface area contributed by atoms with Gasteiger partial charge in [-0.05, 0) is 91.5 Å². The van der Waals surface area contributed by atoms with Crippen LogP contribution in [0, 0.1) is 11.7 Å². The Kier molecular flexibility index (Phi) is 6.31. The van der Waals surface area contributed by atoms with E-state index in [1.807, 2.05) is 0 Å². The van der Waals surface area contributed by atoms with E-state index >= 15 is 0 Å². The first kappa shape index (κ1) is 22.9. The number of hydrogen-bond donors (Lipinski definition) is 1. The first-order valence-electron chi connectivity index (χ1n) is 11.6. The zero-order chi connectivity index (χ0) is 23.2. The maximum Gasteiger partial charge on any atom is 0.416 e.